The third-order valence-electron chi connectivity index (χ3n) is 5.26. The quantitative estimate of drug-likeness (QED) is 0.929. The number of likely N-dealkylation sites (tertiary alicyclic amines) is 1. The minimum absolute atomic E-state index is 0.424. The molecule has 1 unspecified atom stereocenters. The molecule has 114 valence electrons. The van der Waals surface area contributed by atoms with Crippen LogP contribution in [0.4, 0.5) is 0 Å². The highest BCUT2D eigenvalue weighted by molar-refractivity contribution is 5.74. The zero-order valence-electron chi connectivity index (χ0n) is 12.8. The molecule has 21 heavy (non-hydrogen) atoms. The van der Waals surface area contributed by atoms with E-state index in [4.69, 9.17) is 4.74 Å². The number of hydrogen-bond acceptors (Lipinski definition) is 3. The largest absolute Gasteiger partial charge is 0.497 e. The third-order valence-corrected chi connectivity index (χ3v) is 5.26. The lowest BCUT2D eigenvalue weighted by molar-refractivity contribution is -0.151. The summed E-state index contributed by atoms with van der Waals surface area (Å²) in [5, 5.41) is 9.34. The van der Waals surface area contributed by atoms with E-state index in [-0.39, 0.29) is 0 Å². The summed E-state index contributed by atoms with van der Waals surface area (Å²) in [4.78, 5) is 13.8. The molecule has 0 bridgehead atoms. The van der Waals surface area contributed by atoms with E-state index in [0.717, 1.165) is 44.5 Å². The van der Waals surface area contributed by atoms with Crippen molar-refractivity contribution in [1.82, 2.24) is 4.90 Å². The molecule has 1 aliphatic carbocycles. The van der Waals surface area contributed by atoms with Crippen molar-refractivity contribution in [1.29, 1.82) is 0 Å². The standard InChI is InChI=1S/C17H23NO3/c1-17(16(19)20)7-9-18(10-8-17)15-6-4-12-3-5-13(21-2)11-14(12)15/h3,5,11,15H,4,6-10H2,1-2H3,(H,19,20). The molecule has 3 rings (SSSR count). The van der Waals surface area contributed by atoms with Gasteiger partial charge in [0.05, 0.1) is 12.5 Å². The molecule has 2 aliphatic rings. The van der Waals surface area contributed by atoms with Crippen molar-refractivity contribution in [3.8, 4) is 5.75 Å². The van der Waals surface area contributed by atoms with Gasteiger partial charge in [0.15, 0.2) is 0 Å². The highest BCUT2D eigenvalue weighted by Crippen LogP contribution is 2.41. The zero-order valence-corrected chi connectivity index (χ0v) is 12.8. The predicted octanol–water partition coefficient (Wildman–Crippen LogP) is 2.87. The van der Waals surface area contributed by atoms with Gasteiger partial charge >= 0.3 is 5.97 Å². The average Bonchev–Trinajstić information content (AvgIpc) is 2.91. The molecule has 0 saturated carbocycles. The van der Waals surface area contributed by atoms with Crippen LogP contribution in [0.1, 0.15) is 43.4 Å². The van der Waals surface area contributed by atoms with Gasteiger partial charge in [-0.1, -0.05) is 6.07 Å². The third kappa shape index (κ3) is 2.53. The Kier molecular flexibility index (Phi) is 3.66. The van der Waals surface area contributed by atoms with Crippen LogP contribution in [0.5, 0.6) is 5.75 Å². The van der Waals surface area contributed by atoms with Gasteiger partial charge in [0.1, 0.15) is 5.75 Å². The molecule has 0 aromatic heterocycles. The van der Waals surface area contributed by atoms with Crippen molar-refractivity contribution in [3.63, 3.8) is 0 Å². The minimum Gasteiger partial charge on any atom is -0.497 e. The number of rotatable bonds is 3. The molecule has 1 N–H and O–H groups in total. The number of carbonyl (C=O) groups is 1. The van der Waals surface area contributed by atoms with E-state index < -0.39 is 11.4 Å². The van der Waals surface area contributed by atoms with Crippen LogP contribution in [-0.2, 0) is 11.2 Å². The molecular formula is C17H23NO3. The van der Waals surface area contributed by atoms with Crippen LogP contribution in [0.15, 0.2) is 18.2 Å². The number of carboxylic acid groups (broad SMARTS) is 1. The molecule has 4 nitrogen and oxygen atoms in total. The number of methoxy groups -OCH3 is 1. The first-order valence-electron chi connectivity index (χ1n) is 7.68. The Hall–Kier alpha value is -1.55. The van der Waals surface area contributed by atoms with Crippen molar-refractivity contribution in [3.05, 3.63) is 29.3 Å². The maximum Gasteiger partial charge on any atom is 0.309 e. The smallest absolute Gasteiger partial charge is 0.309 e. The lowest BCUT2D eigenvalue weighted by Crippen LogP contribution is -2.43. The summed E-state index contributed by atoms with van der Waals surface area (Å²) in [5.41, 5.74) is 2.23. The fourth-order valence-corrected chi connectivity index (χ4v) is 3.61. The maximum absolute atomic E-state index is 11.4. The second-order valence-corrected chi connectivity index (χ2v) is 6.52. The van der Waals surface area contributed by atoms with Gasteiger partial charge in [0.25, 0.3) is 0 Å². The Labute approximate surface area is 125 Å². The first-order valence-corrected chi connectivity index (χ1v) is 7.68. The van der Waals surface area contributed by atoms with E-state index >= 15 is 0 Å². The number of ether oxygens (including phenoxy) is 1. The number of nitrogens with zero attached hydrogens (tertiary/aromatic N) is 1. The molecule has 1 aliphatic heterocycles. The van der Waals surface area contributed by atoms with Crippen LogP contribution in [0.3, 0.4) is 0 Å². The van der Waals surface area contributed by atoms with E-state index in [0.29, 0.717) is 6.04 Å². The number of fused-ring (bicyclic) bond motifs is 1. The molecule has 1 fully saturated rings. The van der Waals surface area contributed by atoms with Gasteiger partial charge < -0.3 is 9.84 Å². The van der Waals surface area contributed by atoms with Crippen LogP contribution in [-0.4, -0.2) is 36.2 Å². The zero-order chi connectivity index (χ0) is 15.0. The Balaban J connectivity index is 1.75. The second kappa shape index (κ2) is 5.34. The summed E-state index contributed by atoms with van der Waals surface area (Å²) >= 11 is 0. The average molecular weight is 289 g/mol. The van der Waals surface area contributed by atoms with Gasteiger partial charge in [-0.2, -0.15) is 0 Å². The molecule has 1 heterocycles. The topological polar surface area (TPSA) is 49.8 Å². The van der Waals surface area contributed by atoms with E-state index in [1.807, 2.05) is 13.0 Å². The van der Waals surface area contributed by atoms with Crippen LogP contribution in [0.2, 0.25) is 0 Å². The van der Waals surface area contributed by atoms with Gasteiger partial charge in [-0.25, -0.2) is 0 Å². The van der Waals surface area contributed by atoms with Gasteiger partial charge in [0.2, 0.25) is 0 Å². The lowest BCUT2D eigenvalue weighted by atomic mass is 9.80. The number of carboxylic acids is 1. The summed E-state index contributed by atoms with van der Waals surface area (Å²) in [6.07, 6.45) is 3.71. The van der Waals surface area contributed by atoms with E-state index in [1.54, 1.807) is 7.11 Å². The number of hydrogen-bond donors (Lipinski definition) is 1. The Morgan fingerprint density at radius 3 is 2.71 bits per heavy atom. The summed E-state index contributed by atoms with van der Waals surface area (Å²) < 4.78 is 5.34. The summed E-state index contributed by atoms with van der Waals surface area (Å²) in [5.74, 6) is 0.253. The molecular weight excluding hydrogens is 266 g/mol. The Morgan fingerprint density at radius 1 is 1.38 bits per heavy atom. The normalized spacial score (nSPS) is 24.6. The molecule has 1 atom stereocenters. The van der Waals surface area contributed by atoms with Gasteiger partial charge in [-0.3, -0.25) is 9.69 Å². The summed E-state index contributed by atoms with van der Waals surface area (Å²) in [7, 11) is 1.70. The SMILES string of the molecule is COc1ccc2c(c1)C(N1CCC(C)(C(=O)O)CC1)CC2. The van der Waals surface area contributed by atoms with Crippen molar-refractivity contribution < 1.29 is 14.6 Å². The maximum atomic E-state index is 11.4. The predicted molar refractivity (Wildman–Crippen MR) is 80.6 cm³/mol. The number of benzene rings is 1. The molecule has 1 aromatic carbocycles. The molecule has 4 heteroatoms. The first-order chi connectivity index (χ1) is 10.0. The van der Waals surface area contributed by atoms with Crippen molar-refractivity contribution in [2.45, 2.75) is 38.6 Å². The summed E-state index contributed by atoms with van der Waals surface area (Å²) in [6, 6.07) is 6.77. The molecule has 1 aromatic rings. The fraction of sp³-hybridized carbons (Fsp3) is 0.588. The Morgan fingerprint density at radius 2 is 2.10 bits per heavy atom. The van der Waals surface area contributed by atoms with Crippen LogP contribution >= 0.6 is 0 Å². The van der Waals surface area contributed by atoms with Crippen molar-refractivity contribution in [2.75, 3.05) is 20.2 Å². The second-order valence-electron chi connectivity index (χ2n) is 6.52. The molecule has 0 spiro atoms. The Bertz CT molecular complexity index is 547. The minimum atomic E-state index is -0.657. The van der Waals surface area contributed by atoms with Crippen molar-refractivity contribution >= 4 is 5.97 Å². The highest BCUT2D eigenvalue weighted by Gasteiger charge is 2.39. The van der Waals surface area contributed by atoms with Crippen LogP contribution in [0, 0.1) is 5.41 Å². The van der Waals surface area contributed by atoms with E-state index in [2.05, 4.69) is 17.0 Å². The monoisotopic (exact) mass is 289 g/mol. The number of piperidine rings is 1. The van der Waals surface area contributed by atoms with Crippen LogP contribution in [0.25, 0.3) is 0 Å². The molecule has 0 amide bonds. The van der Waals surface area contributed by atoms with Gasteiger partial charge in [0, 0.05) is 6.04 Å². The number of aliphatic carboxylic acids is 1. The van der Waals surface area contributed by atoms with Gasteiger partial charge in [-0.15, -0.1) is 0 Å². The molecule has 1 saturated heterocycles. The van der Waals surface area contributed by atoms with E-state index in [1.165, 1.54) is 11.1 Å². The number of aryl methyl sites for hydroxylation is 1. The molecule has 0 radical (unpaired) electrons. The highest BCUT2D eigenvalue weighted by atomic mass is 16.5. The van der Waals surface area contributed by atoms with E-state index in [9.17, 15) is 9.90 Å². The summed E-state index contributed by atoms with van der Waals surface area (Å²) in [6.45, 7) is 3.60. The first kappa shape index (κ1) is 14.4. The van der Waals surface area contributed by atoms with Gasteiger partial charge in [-0.05, 0) is 69.0 Å². The van der Waals surface area contributed by atoms with Crippen LogP contribution < -0.4 is 4.74 Å². The van der Waals surface area contributed by atoms with Crippen molar-refractivity contribution in [2.24, 2.45) is 5.41 Å². The fourth-order valence-electron chi connectivity index (χ4n) is 3.61. The lowest BCUT2D eigenvalue weighted by Gasteiger charge is -2.39.